The Morgan fingerprint density at radius 2 is 1.71 bits per heavy atom. The average molecular weight is 279 g/mol. The molecular weight excluding hydrogens is 266 g/mol. The molecular formula is C16H13N3O2. The summed E-state index contributed by atoms with van der Waals surface area (Å²) in [7, 11) is 0. The Morgan fingerprint density at radius 3 is 2.48 bits per heavy atom. The first-order valence-corrected chi connectivity index (χ1v) is 6.46. The van der Waals surface area contributed by atoms with E-state index in [0.717, 1.165) is 5.56 Å². The molecule has 2 aromatic carbocycles. The Balaban J connectivity index is 1.91. The molecule has 0 fully saturated rings. The minimum atomic E-state index is 0.162. The molecule has 0 spiro atoms. The molecule has 0 aliphatic rings. The van der Waals surface area contributed by atoms with E-state index in [0.29, 0.717) is 17.2 Å². The molecule has 3 rings (SSSR count). The maximum absolute atomic E-state index is 9.79. The van der Waals surface area contributed by atoms with Gasteiger partial charge in [-0.05, 0) is 31.2 Å². The summed E-state index contributed by atoms with van der Waals surface area (Å²) in [5, 5.41) is 17.7. The second kappa shape index (κ2) is 5.58. The van der Waals surface area contributed by atoms with Crippen molar-refractivity contribution in [2.45, 2.75) is 6.92 Å². The third kappa shape index (κ3) is 2.81. The summed E-state index contributed by atoms with van der Waals surface area (Å²) in [6, 6.07) is 16.6. The Labute approximate surface area is 121 Å². The summed E-state index contributed by atoms with van der Waals surface area (Å²) in [6.07, 6.45) is 0. The van der Waals surface area contributed by atoms with Gasteiger partial charge in [0.25, 0.3) is 0 Å². The average Bonchev–Trinajstić information content (AvgIpc) is 2.97. The normalized spacial score (nSPS) is 11.6. The van der Waals surface area contributed by atoms with E-state index < -0.39 is 0 Å². The zero-order valence-electron chi connectivity index (χ0n) is 11.4. The molecule has 104 valence electrons. The van der Waals surface area contributed by atoms with Crippen molar-refractivity contribution in [3.05, 3.63) is 60.2 Å². The number of nitrogens with zero attached hydrogens (tertiary/aromatic N) is 3. The summed E-state index contributed by atoms with van der Waals surface area (Å²) in [4.78, 5) is 4.25. The van der Waals surface area contributed by atoms with Gasteiger partial charge in [-0.1, -0.05) is 35.4 Å². The first-order chi connectivity index (χ1) is 10.2. The molecule has 0 bridgehead atoms. The molecule has 0 aliphatic carbocycles. The molecule has 0 atom stereocenters. The van der Waals surface area contributed by atoms with Gasteiger partial charge in [0.15, 0.2) is 0 Å². The fourth-order valence-corrected chi connectivity index (χ4v) is 1.94. The van der Waals surface area contributed by atoms with Crippen molar-refractivity contribution < 1.29 is 9.52 Å². The van der Waals surface area contributed by atoms with Crippen molar-refractivity contribution in [3.63, 3.8) is 0 Å². The van der Waals surface area contributed by atoms with Gasteiger partial charge in [-0.25, -0.2) is 0 Å². The van der Waals surface area contributed by atoms with Crippen LogP contribution in [0.3, 0.4) is 0 Å². The molecule has 0 saturated carbocycles. The highest BCUT2D eigenvalue weighted by molar-refractivity contribution is 6.01. The first-order valence-electron chi connectivity index (χ1n) is 6.46. The SMILES string of the molecule is C/C(=N\c1nnc(-c2ccccc2)o1)c1ccccc1O. The highest BCUT2D eigenvalue weighted by Crippen LogP contribution is 2.23. The largest absolute Gasteiger partial charge is 0.507 e. The van der Waals surface area contributed by atoms with Crippen LogP contribution in [-0.4, -0.2) is 21.0 Å². The number of rotatable bonds is 3. The van der Waals surface area contributed by atoms with Gasteiger partial charge in [-0.3, -0.25) is 0 Å². The minimum absolute atomic E-state index is 0.162. The predicted octanol–water partition coefficient (Wildman–Crippen LogP) is 3.58. The summed E-state index contributed by atoms with van der Waals surface area (Å²) >= 11 is 0. The zero-order valence-corrected chi connectivity index (χ0v) is 11.4. The van der Waals surface area contributed by atoms with E-state index in [2.05, 4.69) is 15.2 Å². The topological polar surface area (TPSA) is 71.5 Å². The summed E-state index contributed by atoms with van der Waals surface area (Å²) < 4.78 is 5.51. The van der Waals surface area contributed by atoms with Crippen LogP contribution in [-0.2, 0) is 0 Å². The van der Waals surface area contributed by atoms with Crippen LogP contribution in [0, 0.1) is 0 Å². The lowest BCUT2D eigenvalue weighted by molar-refractivity contribution is 0.474. The minimum Gasteiger partial charge on any atom is -0.507 e. The number of phenolic OH excluding ortho intramolecular Hbond substituents is 1. The maximum atomic E-state index is 9.79. The lowest BCUT2D eigenvalue weighted by atomic mass is 10.1. The monoisotopic (exact) mass is 279 g/mol. The van der Waals surface area contributed by atoms with Crippen LogP contribution >= 0.6 is 0 Å². The molecule has 0 amide bonds. The number of para-hydroxylation sites is 1. The van der Waals surface area contributed by atoms with Gasteiger partial charge in [0.1, 0.15) is 5.75 Å². The zero-order chi connectivity index (χ0) is 14.7. The van der Waals surface area contributed by atoms with E-state index in [1.807, 2.05) is 36.4 Å². The molecule has 1 N–H and O–H groups in total. The molecule has 0 radical (unpaired) electrons. The molecule has 21 heavy (non-hydrogen) atoms. The Bertz CT molecular complexity index is 779. The van der Waals surface area contributed by atoms with E-state index in [4.69, 9.17) is 4.42 Å². The number of aromatic hydroxyl groups is 1. The van der Waals surface area contributed by atoms with Crippen molar-refractivity contribution >= 4 is 11.7 Å². The molecule has 0 unspecified atom stereocenters. The van der Waals surface area contributed by atoms with Crippen molar-refractivity contribution in [2.75, 3.05) is 0 Å². The summed E-state index contributed by atoms with van der Waals surface area (Å²) in [5.41, 5.74) is 2.08. The van der Waals surface area contributed by atoms with E-state index in [-0.39, 0.29) is 11.8 Å². The van der Waals surface area contributed by atoms with Gasteiger partial charge >= 0.3 is 6.01 Å². The summed E-state index contributed by atoms with van der Waals surface area (Å²) in [6.45, 7) is 1.78. The highest BCUT2D eigenvalue weighted by Gasteiger charge is 2.09. The highest BCUT2D eigenvalue weighted by atomic mass is 16.4. The van der Waals surface area contributed by atoms with E-state index >= 15 is 0 Å². The number of hydrogen-bond donors (Lipinski definition) is 1. The number of aromatic nitrogens is 2. The van der Waals surface area contributed by atoms with Crippen LogP contribution in [0.5, 0.6) is 5.75 Å². The predicted molar refractivity (Wildman–Crippen MR) is 79.7 cm³/mol. The molecule has 5 heteroatoms. The number of phenols is 1. The van der Waals surface area contributed by atoms with E-state index in [9.17, 15) is 5.11 Å². The van der Waals surface area contributed by atoms with Gasteiger partial charge in [-0.2, -0.15) is 4.99 Å². The maximum Gasteiger partial charge on any atom is 0.342 e. The standard InChI is InChI=1S/C16H13N3O2/c1-11(13-9-5-6-10-14(13)20)17-16-19-18-15(21-16)12-7-3-2-4-8-12/h2-10,20H,1H3/b17-11+. The van der Waals surface area contributed by atoms with Crippen molar-refractivity contribution in [1.82, 2.24) is 10.2 Å². The quantitative estimate of drug-likeness (QED) is 0.744. The second-order valence-corrected chi connectivity index (χ2v) is 4.47. The third-order valence-electron chi connectivity index (χ3n) is 2.99. The number of hydrogen-bond acceptors (Lipinski definition) is 5. The Hall–Kier alpha value is -2.95. The van der Waals surface area contributed by atoms with Crippen molar-refractivity contribution in [2.24, 2.45) is 4.99 Å². The lowest BCUT2D eigenvalue weighted by Crippen LogP contribution is -1.94. The van der Waals surface area contributed by atoms with Crippen LogP contribution in [0.25, 0.3) is 11.5 Å². The van der Waals surface area contributed by atoms with Crippen LogP contribution in [0.2, 0.25) is 0 Å². The van der Waals surface area contributed by atoms with Crippen LogP contribution < -0.4 is 0 Å². The number of aliphatic imine (C=N–C) groups is 1. The van der Waals surface area contributed by atoms with Crippen LogP contribution in [0.1, 0.15) is 12.5 Å². The first kappa shape index (κ1) is 13.1. The smallest absolute Gasteiger partial charge is 0.342 e. The van der Waals surface area contributed by atoms with Crippen molar-refractivity contribution in [1.29, 1.82) is 0 Å². The second-order valence-electron chi connectivity index (χ2n) is 4.47. The van der Waals surface area contributed by atoms with Gasteiger partial charge in [-0.15, -0.1) is 5.10 Å². The van der Waals surface area contributed by atoms with Gasteiger partial charge in [0.2, 0.25) is 5.89 Å². The lowest BCUT2D eigenvalue weighted by Gasteiger charge is -2.01. The summed E-state index contributed by atoms with van der Waals surface area (Å²) in [5.74, 6) is 0.584. The molecule has 5 nitrogen and oxygen atoms in total. The van der Waals surface area contributed by atoms with E-state index in [1.54, 1.807) is 25.1 Å². The van der Waals surface area contributed by atoms with Crippen LogP contribution in [0.15, 0.2) is 64.0 Å². The molecule has 1 heterocycles. The molecule has 1 aromatic heterocycles. The molecule has 0 saturated heterocycles. The molecule has 0 aliphatic heterocycles. The Morgan fingerprint density at radius 1 is 1.00 bits per heavy atom. The fourth-order valence-electron chi connectivity index (χ4n) is 1.94. The molecule has 3 aromatic rings. The van der Waals surface area contributed by atoms with Crippen molar-refractivity contribution in [3.8, 4) is 17.2 Å². The third-order valence-corrected chi connectivity index (χ3v) is 2.99. The van der Waals surface area contributed by atoms with Crippen LogP contribution in [0.4, 0.5) is 6.01 Å². The van der Waals surface area contributed by atoms with Gasteiger partial charge in [0.05, 0.1) is 5.71 Å². The Kier molecular flexibility index (Phi) is 3.47. The van der Waals surface area contributed by atoms with Gasteiger partial charge in [0, 0.05) is 11.1 Å². The fraction of sp³-hybridized carbons (Fsp3) is 0.0625. The van der Waals surface area contributed by atoms with Gasteiger partial charge < -0.3 is 9.52 Å². The number of benzene rings is 2. The van der Waals surface area contributed by atoms with E-state index in [1.165, 1.54) is 0 Å².